The molecule has 20 heavy (non-hydrogen) atoms. The van der Waals surface area contributed by atoms with E-state index in [0.29, 0.717) is 22.7 Å². The van der Waals surface area contributed by atoms with E-state index in [0.717, 1.165) is 37.6 Å². The van der Waals surface area contributed by atoms with E-state index in [-0.39, 0.29) is 5.97 Å². The van der Waals surface area contributed by atoms with Crippen molar-refractivity contribution in [2.75, 3.05) is 38.4 Å². The Morgan fingerprint density at radius 2 is 2.30 bits per heavy atom. The number of benzene rings is 1. The van der Waals surface area contributed by atoms with Gasteiger partial charge in [-0.3, -0.25) is 0 Å². The van der Waals surface area contributed by atoms with Crippen LogP contribution in [0.2, 0.25) is 0 Å². The van der Waals surface area contributed by atoms with E-state index in [1.165, 1.54) is 7.11 Å². The molecule has 1 aromatic rings. The Morgan fingerprint density at radius 1 is 1.45 bits per heavy atom. The Kier molecular flexibility index (Phi) is 3.85. The van der Waals surface area contributed by atoms with Crippen LogP contribution in [-0.4, -0.2) is 45.5 Å². The molecule has 2 heterocycles. The lowest BCUT2D eigenvalue weighted by molar-refractivity contribution is 0.0599. The Balaban J connectivity index is 2.00. The van der Waals surface area contributed by atoms with Crippen molar-refractivity contribution in [2.24, 2.45) is 0 Å². The molecule has 1 saturated heterocycles. The number of methoxy groups -OCH3 is 1. The largest absolute Gasteiger partial charge is 0.490 e. The van der Waals surface area contributed by atoms with Crippen molar-refractivity contribution in [3.8, 4) is 5.75 Å². The first-order valence-corrected chi connectivity index (χ1v) is 7.39. The standard InChI is InChI=1S/C14H16BrNO4/c1-18-14(17)10-6-12-13(7-11(10)15)20-5-3-16(12)9-2-4-19-8-9/h6-7,9H,2-5,8H2,1H3. The first-order chi connectivity index (χ1) is 9.70. The summed E-state index contributed by atoms with van der Waals surface area (Å²) in [6, 6.07) is 4.02. The summed E-state index contributed by atoms with van der Waals surface area (Å²) in [4.78, 5) is 14.1. The van der Waals surface area contributed by atoms with Crippen LogP contribution in [0.5, 0.6) is 5.75 Å². The van der Waals surface area contributed by atoms with Crippen molar-refractivity contribution in [2.45, 2.75) is 12.5 Å². The topological polar surface area (TPSA) is 48.0 Å². The fraction of sp³-hybridized carbons (Fsp3) is 0.500. The van der Waals surface area contributed by atoms with Crippen LogP contribution in [0.3, 0.4) is 0 Å². The SMILES string of the molecule is COC(=O)c1cc2c(cc1Br)OCCN2C1CCOC1. The van der Waals surface area contributed by atoms with Crippen molar-refractivity contribution in [1.82, 2.24) is 0 Å². The molecule has 0 spiro atoms. The van der Waals surface area contributed by atoms with Crippen molar-refractivity contribution in [1.29, 1.82) is 0 Å². The van der Waals surface area contributed by atoms with E-state index in [2.05, 4.69) is 20.8 Å². The zero-order chi connectivity index (χ0) is 14.1. The quantitative estimate of drug-likeness (QED) is 0.772. The summed E-state index contributed by atoms with van der Waals surface area (Å²) in [5.41, 5.74) is 1.45. The Morgan fingerprint density at radius 3 is 3.00 bits per heavy atom. The van der Waals surface area contributed by atoms with Crippen molar-refractivity contribution in [3.05, 3.63) is 22.2 Å². The lowest BCUT2D eigenvalue weighted by atomic mass is 10.1. The van der Waals surface area contributed by atoms with Crippen LogP contribution >= 0.6 is 15.9 Å². The van der Waals surface area contributed by atoms with Crippen LogP contribution in [0.15, 0.2) is 16.6 Å². The molecule has 5 nitrogen and oxygen atoms in total. The normalized spacial score (nSPS) is 21.3. The fourth-order valence-electron chi connectivity index (χ4n) is 2.67. The first kappa shape index (κ1) is 13.7. The predicted molar refractivity (Wildman–Crippen MR) is 77.5 cm³/mol. The second-order valence-electron chi connectivity index (χ2n) is 4.85. The number of esters is 1. The third-order valence-corrected chi connectivity index (χ3v) is 4.36. The molecular weight excluding hydrogens is 326 g/mol. The molecule has 1 aromatic carbocycles. The minimum absolute atomic E-state index is 0.351. The second kappa shape index (κ2) is 5.61. The summed E-state index contributed by atoms with van der Waals surface area (Å²) in [6.07, 6.45) is 1.00. The van der Waals surface area contributed by atoms with E-state index < -0.39 is 0 Å². The van der Waals surface area contributed by atoms with Crippen molar-refractivity contribution >= 4 is 27.6 Å². The molecule has 0 aliphatic carbocycles. The maximum absolute atomic E-state index is 11.8. The third kappa shape index (κ3) is 2.38. The third-order valence-electron chi connectivity index (χ3n) is 3.70. The summed E-state index contributed by atoms with van der Waals surface area (Å²) in [7, 11) is 1.38. The highest BCUT2D eigenvalue weighted by atomic mass is 79.9. The van der Waals surface area contributed by atoms with Crippen LogP contribution in [0.1, 0.15) is 16.8 Å². The zero-order valence-electron chi connectivity index (χ0n) is 11.2. The molecule has 1 fully saturated rings. The molecule has 0 radical (unpaired) electrons. The van der Waals surface area contributed by atoms with Gasteiger partial charge in [-0.1, -0.05) is 0 Å². The highest BCUT2D eigenvalue weighted by Gasteiger charge is 2.29. The highest BCUT2D eigenvalue weighted by molar-refractivity contribution is 9.10. The number of rotatable bonds is 2. The number of ether oxygens (including phenoxy) is 3. The van der Waals surface area contributed by atoms with Gasteiger partial charge in [0.1, 0.15) is 12.4 Å². The number of anilines is 1. The molecule has 0 amide bonds. The summed E-state index contributed by atoms with van der Waals surface area (Å²) in [5, 5.41) is 0. The second-order valence-corrected chi connectivity index (χ2v) is 5.70. The minimum Gasteiger partial charge on any atom is -0.490 e. The predicted octanol–water partition coefficient (Wildman–Crippen LogP) is 2.22. The van der Waals surface area contributed by atoms with Crippen molar-refractivity contribution < 1.29 is 19.0 Å². The Bertz CT molecular complexity index is 528. The van der Waals surface area contributed by atoms with Gasteiger partial charge in [0, 0.05) is 11.1 Å². The van der Waals surface area contributed by atoms with Crippen molar-refractivity contribution in [3.63, 3.8) is 0 Å². The van der Waals surface area contributed by atoms with Gasteiger partial charge < -0.3 is 19.1 Å². The van der Waals surface area contributed by atoms with Gasteiger partial charge in [-0.2, -0.15) is 0 Å². The Labute approximate surface area is 125 Å². The van der Waals surface area contributed by atoms with Crippen LogP contribution in [0.4, 0.5) is 5.69 Å². The van der Waals surface area contributed by atoms with E-state index in [4.69, 9.17) is 14.2 Å². The zero-order valence-corrected chi connectivity index (χ0v) is 12.8. The molecule has 0 aromatic heterocycles. The summed E-state index contributed by atoms with van der Waals surface area (Å²) >= 11 is 3.40. The van der Waals surface area contributed by atoms with Gasteiger partial charge >= 0.3 is 5.97 Å². The van der Waals surface area contributed by atoms with E-state index >= 15 is 0 Å². The van der Waals surface area contributed by atoms with Crippen LogP contribution in [-0.2, 0) is 9.47 Å². The number of carbonyl (C=O) groups is 1. The highest BCUT2D eigenvalue weighted by Crippen LogP contribution is 2.38. The number of nitrogens with zero attached hydrogens (tertiary/aromatic N) is 1. The summed E-state index contributed by atoms with van der Waals surface area (Å²) in [5.74, 6) is 0.440. The average Bonchev–Trinajstić information content (AvgIpc) is 2.99. The van der Waals surface area contributed by atoms with E-state index in [9.17, 15) is 4.79 Å². The van der Waals surface area contributed by atoms with Gasteiger partial charge in [0.2, 0.25) is 0 Å². The smallest absolute Gasteiger partial charge is 0.339 e. The van der Waals surface area contributed by atoms with Gasteiger partial charge in [-0.25, -0.2) is 4.79 Å². The van der Waals surface area contributed by atoms with Crippen LogP contribution in [0.25, 0.3) is 0 Å². The van der Waals surface area contributed by atoms with Gasteiger partial charge in [0.05, 0.1) is 37.6 Å². The average molecular weight is 342 g/mol. The minimum atomic E-state index is -0.354. The maximum atomic E-state index is 11.8. The first-order valence-electron chi connectivity index (χ1n) is 6.59. The number of hydrogen-bond acceptors (Lipinski definition) is 5. The maximum Gasteiger partial charge on any atom is 0.339 e. The lowest BCUT2D eigenvalue weighted by Gasteiger charge is -2.35. The molecule has 6 heteroatoms. The molecule has 2 aliphatic rings. The van der Waals surface area contributed by atoms with Crippen LogP contribution < -0.4 is 9.64 Å². The molecule has 0 saturated carbocycles. The molecule has 0 bridgehead atoms. The molecule has 1 atom stereocenters. The number of hydrogen-bond donors (Lipinski definition) is 0. The molecule has 1 unspecified atom stereocenters. The number of halogens is 1. The van der Waals surface area contributed by atoms with Crippen LogP contribution in [0, 0.1) is 0 Å². The molecular formula is C14H16BrNO4. The van der Waals surface area contributed by atoms with Gasteiger partial charge in [0.25, 0.3) is 0 Å². The Hall–Kier alpha value is -1.27. The molecule has 108 valence electrons. The number of carbonyl (C=O) groups excluding carboxylic acids is 1. The van der Waals surface area contributed by atoms with E-state index in [1.807, 2.05) is 12.1 Å². The van der Waals surface area contributed by atoms with Gasteiger partial charge in [0.15, 0.2) is 0 Å². The number of fused-ring (bicyclic) bond motifs is 1. The van der Waals surface area contributed by atoms with Gasteiger partial charge in [-0.05, 0) is 34.5 Å². The summed E-state index contributed by atoms with van der Waals surface area (Å²) in [6.45, 7) is 2.97. The fourth-order valence-corrected chi connectivity index (χ4v) is 3.16. The van der Waals surface area contributed by atoms with E-state index in [1.54, 1.807) is 0 Å². The van der Waals surface area contributed by atoms with Gasteiger partial charge in [-0.15, -0.1) is 0 Å². The summed E-state index contributed by atoms with van der Waals surface area (Å²) < 4.78 is 16.7. The monoisotopic (exact) mass is 341 g/mol. The molecule has 0 N–H and O–H groups in total. The molecule has 3 rings (SSSR count). The molecule has 2 aliphatic heterocycles. The lowest BCUT2D eigenvalue weighted by Crippen LogP contribution is -2.41.